The molecule has 1 saturated heterocycles. The third-order valence-electron chi connectivity index (χ3n) is 1.34. The number of hydrazine groups is 1. The van der Waals surface area contributed by atoms with Gasteiger partial charge in [-0.1, -0.05) is 15.9 Å². The Labute approximate surface area is 66.9 Å². The lowest BCUT2D eigenvalue weighted by Gasteiger charge is -2.17. The first-order chi connectivity index (χ1) is 4.77. The quantitative estimate of drug-likeness (QED) is 0.456. The Morgan fingerprint density at radius 2 is 1.60 bits per heavy atom. The maximum atomic E-state index is 10.2. The lowest BCUT2D eigenvalue weighted by atomic mass is 10.5. The maximum Gasteiger partial charge on any atom is 0.228 e. The average molecular weight is 207 g/mol. The van der Waals surface area contributed by atoms with Gasteiger partial charge in [-0.15, -0.1) is 0 Å². The molecule has 0 spiro atoms. The molecule has 0 radical (unpaired) electrons. The molecule has 0 aromatic heterocycles. The predicted octanol–water partition coefficient (Wildman–Crippen LogP) is -0.405. The summed E-state index contributed by atoms with van der Waals surface area (Å²) in [6, 6.07) is 0. The van der Waals surface area contributed by atoms with E-state index < -0.39 is 0 Å². The average Bonchev–Trinajstić information content (AvgIpc) is 2.30. The second kappa shape index (κ2) is 3.01. The largest absolute Gasteiger partial charge is 0.277 e. The highest BCUT2D eigenvalue weighted by Gasteiger charge is 2.25. The fraction of sp³-hybridized carbons (Fsp3) is 0.600. The van der Waals surface area contributed by atoms with E-state index in [-0.39, 0.29) is 4.83 Å². The number of carbonyl (C=O) groups excluding carboxylic acids is 2. The lowest BCUT2D eigenvalue weighted by Crippen LogP contribution is -2.33. The molecule has 0 N–H and O–H groups in total. The van der Waals surface area contributed by atoms with E-state index >= 15 is 0 Å². The van der Waals surface area contributed by atoms with E-state index in [4.69, 9.17) is 0 Å². The molecule has 0 bridgehead atoms. The van der Waals surface area contributed by atoms with Gasteiger partial charge in [0.1, 0.15) is 0 Å². The lowest BCUT2D eigenvalue weighted by molar-refractivity contribution is -0.141. The Morgan fingerprint density at radius 1 is 1.20 bits per heavy atom. The standard InChI is InChI=1S/C5H7BrN2O2/c6-5-1-7(3-9)8(2-5)4-10/h3-5H,1-2H2. The van der Waals surface area contributed by atoms with Crippen LogP contribution in [0, 0.1) is 0 Å². The minimum Gasteiger partial charge on any atom is -0.277 e. The summed E-state index contributed by atoms with van der Waals surface area (Å²) >= 11 is 3.30. The van der Waals surface area contributed by atoms with Crippen LogP contribution in [0.15, 0.2) is 0 Å². The number of amides is 2. The van der Waals surface area contributed by atoms with Gasteiger partial charge in [0.2, 0.25) is 12.8 Å². The van der Waals surface area contributed by atoms with Crippen molar-refractivity contribution in [3.63, 3.8) is 0 Å². The van der Waals surface area contributed by atoms with Gasteiger partial charge in [-0.2, -0.15) is 0 Å². The normalized spacial score (nSPS) is 19.7. The highest BCUT2D eigenvalue weighted by atomic mass is 79.9. The topological polar surface area (TPSA) is 40.6 Å². The number of halogens is 1. The Balaban J connectivity index is 2.56. The molecule has 2 amide bonds. The first-order valence-corrected chi connectivity index (χ1v) is 3.77. The molecular formula is C5H7BrN2O2. The number of carbonyl (C=O) groups is 2. The van der Waals surface area contributed by atoms with Crippen molar-refractivity contribution in [2.45, 2.75) is 4.83 Å². The van der Waals surface area contributed by atoms with Crippen LogP contribution in [0.5, 0.6) is 0 Å². The highest BCUT2D eigenvalue weighted by molar-refractivity contribution is 9.09. The van der Waals surface area contributed by atoms with Gasteiger partial charge in [0.05, 0.1) is 17.9 Å². The van der Waals surface area contributed by atoms with Crippen LogP contribution in [0.1, 0.15) is 0 Å². The van der Waals surface area contributed by atoms with Crippen LogP contribution in [0.25, 0.3) is 0 Å². The SMILES string of the molecule is O=CN1CC(Br)CN1C=O. The Kier molecular flexibility index (Phi) is 2.26. The van der Waals surface area contributed by atoms with Crippen molar-refractivity contribution >= 4 is 28.8 Å². The first-order valence-electron chi connectivity index (χ1n) is 2.85. The van der Waals surface area contributed by atoms with Crippen molar-refractivity contribution in [3.05, 3.63) is 0 Å². The van der Waals surface area contributed by atoms with Crippen LogP contribution in [0.2, 0.25) is 0 Å². The van der Waals surface area contributed by atoms with Crippen LogP contribution in [-0.4, -0.2) is 40.8 Å². The van der Waals surface area contributed by atoms with Gasteiger partial charge in [0.25, 0.3) is 0 Å². The fourth-order valence-electron chi connectivity index (χ4n) is 0.881. The summed E-state index contributed by atoms with van der Waals surface area (Å²) in [4.78, 5) is 20.7. The molecule has 0 aromatic carbocycles. The van der Waals surface area contributed by atoms with Crippen molar-refractivity contribution in [2.75, 3.05) is 13.1 Å². The second-order valence-corrected chi connectivity index (χ2v) is 3.35. The molecular weight excluding hydrogens is 200 g/mol. The van der Waals surface area contributed by atoms with Crippen LogP contribution < -0.4 is 0 Å². The smallest absolute Gasteiger partial charge is 0.228 e. The van der Waals surface area contributed by atoms with Crippen LogP contribution >= 0.6 is 15.9 Å². The van der Waals surface area contributed by atoms with Crippen molar-refractivity contribution in [2.24, 2.45) is 0 Å². The van der Waals surface area contributed by atoms with E-state index in [1.165, 1.54) is 10.0 Å². The molecule has 0 aromatic rings. The summed E-state index contributed by atoms with van der Waals surface area (Å²) in [5.41, 5.74) is 0. The van der Waals surface area contributed by atoms with Crippen LogP contribution in [0.3, 0.4) is 0 Å². The molecule has 1 fully saturated rings. The van der Waals surface area contributed by atoms with Gasteiger partial charge in [-0.25, -0.2) is 0 Å². The maximum absolute atomic E-state index is 10.2. The van der Waals surface area contributed by atoms with Gasteiger partial charge in [-0.05, 0) is 0 Å². The van der Waals surface area contributed by atoms with Gasteiger partial charge in [0.15, 0.2) is 0 Å². The molecule has 56 valence electrons. The molecule has 0 aliphatic carbocycles. The van der Waals surface area contributed by atoms with Gasteiger partial charge >= 0.3 is 0 Å². The van der Waals surface area contributed by atoms with Crippen molar-refractivity contribution < 1.29 is 9.59 Å². The number of hydrogen-bond acceptors (Lipinski definition) is 2. The minimum atomic E-state index is 0.211. The molecule has 5 heteroatoms. The zero-order valence-electron chi connectivity index (χ0n) is 5.24. The summed E-state index contributed by atoms with van der Waals surface area (Å²) in [6.07, 6.45) is 1.30. The molecule has 4 nitrogen and oxygen atoms in total. The molecule has 0 atom stereocenters. The van der Waals surface area contributed by atoms with Gasteiger partial charge < -0.3 is 0 Å². The zero-order chi connectivity index (χ0) is 7.56. The van der Waals surface area contributed by atoms with E-state index in [1.807, 2.05) is 0 Å². The van der Waals surface area contributed by atoms with E-state index in [0.717, 1.165) is 0 Å². The molecule has 0 saturated carbocycles. The van der Waals surface area contributed by atoms with Crippen molar-refractivity contribution in [3.8, 4) is 0 Å². The predicted molar refractivity (Wildman–Crippen MR) is 38.3 cm³/mol. The van der Waals surface area contributed by atoms with Crippen LogP contribution in [0.4, 0.5) is 0 Å². The molecule has 0 unspecified atom stereocenters. The summed E-state index contributed by atoms with van der Waals surface area (Å²) in [6.45, 7) is 1.14. The Bertz CT molecular complexity index is 137. The fourth-order valence-corrected chi connectivity index (χ4v) is 1.47. The van der Waals surface area contributed by atoms with E-state index in [9.17, 15) is 9.59 Å². The zero-order valence-corrected chi connectivity index (χ0v) is 6.82. The minimum absolute atomic E-state index is 0.211. The first kappa shape index (κ1) is 7.53. The molecule has 1 rings (SSSR count). The number of alkyl halides is 1. The second-order valence-electron chi connectivity index (χ2n) is 2.05. The van der Waals surface area contributed by atoms with Crippen LogP contribution in [-0.2, 0) is 9.59 Å². The van der Waals surface area contributed by atoms with E-state index in [0.29, 0.717) is 25.9 Å². The third-order valence-corrected chi connectivity index (χ3v) is 1.92. The van der Waals surface area contributed by atoms with Crippen molar-refractivity contribution in [1.82, 2.24) is 10.0 Å². The summed E-state index contributed by atoms with van der Waals surface area (Å²) in [5, 5.41) is 2.68. The summed E-state index contributed by atoms with van der Waals surface area (Å²) < 4.78 is 0. The monoisotopic (exact) mass is 206 g/mol. The molecule has 1 aliphatic heterocycles. The van der Waals surface area contributed by atoms with Gasteiger partial charge in [0, 0.05) is 0 Å². The molecule has 1 aliphatic rings. The molecule has 1 heterocycles. The summed E-state index contributed by atoms with van der Waals surface area (Å²) in [7, 11) is 0. The van der Waals surface area contributed by atoms with Crippen molar-refractivity contribution in [1.29, 1.82) is 0 Å². The highest BCUT2D eigenvalue weighted by Crippen LogP contribution is 2.12. The van der Waals surface area contributed by atoms with E-state index in [1.54, 1.807) is 0 Å². The number of hydrogen-bond donors (Lipinski definition) is 0. The summed E-state index contributed by atoms with van der Waals surface area (Å²) in [5.74, 6) is 0. The van der Waals surface area contributed by atoms with E-state index in [2.05, 4.69) is 15.9 Å². The number of rotatable bonds is 2. The Hall–Kier alpha value is -0.580. The number of nitrogens with zero attached hydrogens (tertiary/aromatic N) is 2. The molecule has 10 heavy (non-hydrogen) atoms. The van der Waals surface area contributed by atoms with Gasteiger partial charge in [-0.3, -0.25) is 19.6 Å². The third kappa shape index (κ3) is 1.29. The Morgan fingerprint density at radius 3 is 1.90 bits per heavy atom.